The van der Waals surface area contributed by atoms with E-state index < -0.39 is 23.3 Å². The maximum absolute atomic E-state index is 13.0. The number of benzene rings is 1. The maximum Gasteiger partial charge on any atom is 0.334 e. The fraction of sp³-hybridized carbons (Fsp3) is 0.278. The van der Waals surface area contributed by atoms with Crippen LogP contribution in [0.2, 0.25) is 0 Å². The van der Waals surface area contributed by atoms with E-state index in [0.29, 0.717) is 5.56 Å². The summed E-state index contributed by atoms with van der Waals surface area (Å²) in [7, 11) is 0. The third-order valence-electron chi connectivity index (χ3n) is 4.10. The zero-order valence-corrected chi connectivity index (χ0v) is 13.2. The molecule has 1 aliphatic heterocycles. The van der Waals surface area contributed by atoms with Crippen LogP contribution in [0.15, 0.2) is 55.6 Å². The number of imide groups is 2. The molecule has 0 saturated carbocycles. The van der Waals surface area contributed by atoms with Crippen LogP contribution in [-0.2, 0) is 15.0 Å². The van der Waals surface area contributed by atoms with Gasteiger partial charge in [0.1, 0.15) is 0 Å². The summed E-state index contributed by atoms with van der Waals surface area (Å²) in [5.74, 6) is -0.997. The fourth-order valence-corrected chi connectivity index (χ4v) is 2.93. The van der Waals surface area contributed by atoms with Crippen LogP contribution in [0.4, 0.5) is 4.79 Å². The van der Waals surface area contributed by atoms with E-state index in [1.165, 1.54) is 12.2 Å². The minimum Gasteiger partial charge on any atom is -0.273 e. The molecule has 1 aromatic rings. The normalized spacial score (nSPS) is 17.3. The molecule has 0 radical (unpaired) electrons. The van der Waals surface area contributed by atoms with E-state index in [1.54, 1.807) is 31.2 Å². The number of carbonyl (C=O) groups is 3. The minimum atomic E-state index is -1.39. The molecule has 4 amide bonds. The molecule has 5 nitrogen and oxygen atoms in total. The van der Waals surface area contributed by atoms with Gasteiger partial charge in [-0.15, -0.1) is 13.2 Å². The van der Waals surface area contributed by atoms with Gasteiger partial charge in [0.05, 0.1) is 0 Å². The van der Waals surface area contributed by atoms with Gasteiger partial charge >= 0.3 is 6.03 Å². The van der Waals surface area contributed by atoms with Crippen molar-refractivity contribution in [3.8, 4) is 0 Å². The first-order valence-electron chi connectivity index (χ1n) is 7.49. The monoisotopic (exact) mass is 312 g/mol. The molecule has 0 bridgehead atoms. The van der Waals surface area contributed by atoms with Crippen molar-refractivity contribution in [1.29, 1.82) is 0 Å². The lowest BCUT2D eigenvalue weighted by Crippen LogP contribution is -2.67. The van der Waals surface area contributed by atoms with Gasteiger partial charge in [-0.1, -0.05) is 49.4 Å². The topological polar surface area (TPSA) is 57.7 Å². The van der Waals surface area contributed by atoms with E-state index in [-0.39, 0.29) is 19.5 Å². The molecule has 0 unspecified atom stereocenters. The Hall–Kier alpha value is -2.69. The number of barbiturate groups is 1. The van der Waals surface area contributed by atoms with Crippen molar-refractivity contribution in [2.75, 3.05) is 13.1 Å². The summed E-state index contributed by atoms with van der Waals surface area (Å²) in [6, 6.07) is 8.23. The number of hydrogen-bond donors (Lipinski definition) is 0. The SMILES string of the molecule is C=CCN1C(=O)N(CC=C)C(=O)C(CC)(c2ccccc2)C1=O. The van der Waals surface area contributed by atoms with Crippen molar-refractivity contribution >= 4 is 17.8 Å². The smallest absolute Gasteiger partial charge is 0.273 e. The van der Waals surface area contributed by atoms with Gasteiger partial charge in [-0.3, -0.25) is 19.4 Å². The van der Waals surface area contributed by atoms with E-state index in [1.807, 2.05) is 6.07 Å². The van der Waals surface area contributed by atoms with E-state index in [4.69, 9.17) is 0 Å². The molecule has 2 rings (SSSR count). The number of nitrogens with zero attached hydrogens (tertiary/aromatic N) is 2. The molecule has 1 fully saturated rings. The van der Waals surface area contributed by atoms with Crippen LogP contribution >= 0.6 is 0 Å². The van der Waals surface area contributed by atoms with Crippen LogP contribution < -0.4 is 0 Å². The molecule has 0 aromatic heterocycles. The molecular weight excluding hydrogens is 292 g/mol. The summed E-state index contributed by atoms with van der Waals surface area (Å²) >= 11 is 0. The summed E-state index contributed by atoms with van der Waals surface area (Å²) in [5.41, 5.74) is -0.797. The maximum atomic E-state index is 13.0. The lowest BCUT2D eigenvalue weighted by molar-refractivity contribution is -0.151. The highest BCUT2D eigenvalue weighted by Crippen LogP contribution is 2.36. The number of urea groups is 1. The highest BCUT2D eigenvalue weighted by Gasteiger charge is 2.56. The van der Waals surface area contributed by atoms with E-state index in [0.717, 1.165) is 9.80 Å². The average molecular weight is 312 g/mol. The Labute approximate surface area is 135 Å². The summed E-state index contributed by atoms with van der Waals surface area (Å²) in [5, 5.41) is 0. The number of carbonyl (C=O) groups excluding carboxylic acids is 3. The molecule has 1 aliphatic rings. The molecule has 120 valence electrons. The predicted octanol–water partition coefficient (Wildman–Crippen LogP) is 2.50. The molecule has 1 aromatic carbocycles. The van der Waals surface area contributed by atoms with Gasteiger partial charge in [-0.05, 0) is 12.0 Å². The van der Waals surface area contributed by atoms with Crippen LogP contribution in [0.5, 0.6) is 0 Å². The summed E-state index contributed by atoms with van der Waals surface area (Å²) in [4.78, 5) is 40.7. The first kappa shape index (κ1) is 16.7. The van der Waals surface area contributed by atoms with Crippen LogP contribution in [0, 0.1) is 0 Å². The first-order chi connectivity index (χ1) is 11.0. The Morgan fingerprint density at radius 3 is 1.83 bits per heavy atom. The van der Waals surface area contributed by atoms with Crippen molar-refractivity contribution < 1.29 is 14.4 Å². The third-order valence-corrected chi connectivity index (χ3v) is 4.10. The Kier molecular flexibility index (Phi) is 4.79. The zero-order chi connectivity index (χ0) is 17.0. The van der Waals surface area contributed by atoms with E-state index >= 15 is 0 Å². The van der Waals surface area contributed by atoms with Gasteiger partial charge < -0.3 is 0 Å². The van der Waals surface area contributed by atoms with Crippen LogP contribution in [0.1, 0.15) is 18.9 Å². The Balaban J connectivity index is 2.64. The van der Waals surface area contributed by atoms with Crippen molar-refractivity contribution in [2.45, 2.75) is 18.8 Å². The van der Waals surface area contributed by atoms with E-state index in [2.05, 4.69) is 13.2 Å². The molecule has 23 heavy (non-hydrogen) atoms. The Bertz CT molecular complexity index is 619. The Morgan fingerprint density at radius 2 is 1.43 bits per heavy atom. The number of hydrogen-bond acceptors (Lipinski definition) is 3. The second-order valence-corrected chi connectivity index (χ2v) is 5.32. The van der Waals surface area contributed by atoms with Crippen molar-refractivity contribution in [1.82, 2.24) is 9.80 Å². The lowest BCUT2D eigenvalue weighted by atomic mass is 9.74. The van der Waals surface area contributed by atoms with Crippen LogP contribution in [0.3, 0.4) is 0 Å². The van der Waals surface area contributed by atoms with Gasteiger partial charge in [-0.2, -0.15) is 0 Å². The Morgan fingerprint density at radius 1 is 0.957 bits per heavy atom. The molecular formula is C18H20N2O3. The largest absolute Gasteiger partial charge is 0.334 e. The van der Waals surface area contributed by atoms with Gasteiger partial charge in [0.15, 0.2) is 5.41 Å². The minimum absolute atomic E-state index is 0.0627. The van der Waals surface area contributed by atoms with Gasteiger partial charge in [0.25, 0.3) is 11.8 Å². The quantitative estimate of drug-likeness (QED) is 0.599. The third kappa shape index (κ3) is 2.48. The molecule has 5 heteroatoms. The number of amides is 4. The van der Waals surface area contributed by atoms with Crippen molar-refractivity contribution in [2.24, 2.45) is 0 Å². The molecule has 1 heterocycles. The highest BCUT2D eigenvalue weighted by atomic mass is 16.2. The van der Waals surface area contributed by atoms with Crippen molar-refractivity contribution in [3.05, 3.63) is 61.2 Å². The van der Waals surface area contributed by atoms with Crippen molar-refractivity contribution in [3.63, 3.8) is 0 Å². The zero-order valence-electron chi connectivity index (χ0n) is 13.2. The van der Waals surface area contributed by atoms with Crippen LogP contribution in [-0.4, -0.2) is 40.7 Å². The molecule has 0 spiro atoms. The predicted molar refractivity (Wildman–Crippen MR) is 87.6 cm³/mol. The summed E-state index contributed by atoms with van der Waals surface area (Å²) < 4.78 is 0. The molecule has 1 saturated heterocycles. The molecule has 0 aliphatic carbocycles. The number of rotatable bonds is 6. The first-order valence-corrected chi connectivity index (χ1v) is 7.49. The van der Waals surface area contributed by atoms with Gasteiger partial charge in [0, 0.05) is 13.1 Å². The average Bonchev–Trinajstić information content (AvgIpc) is 2.57. The van der Waals surface area contributed by atoms with Crippen LogP contribution in [0.25, 0.3) is 0 Å². The lowest BCUT2D eigenvalue weighted by Gasteiger charge is -2.43. The highest BCUT2D eigenvalue weighted by molar-refractivity contribution is 6.22. The molecule has 0 atom stereocenters. The van der Waals surface area contributed by atoms with Gasteiger partial charge in [-0.25, -0.2) is 4.79 Å². The second kappa shape index (κ2) is 6.60. The molecule has 0 N–H and O–H groups in total. The fourth-order valence-electron chi connectivity index (χ4n) is 2.93. The second-order valence-electron chi connectivity index (χ2n) is 5.32. The standard InChI is InChI=1S/C18H20N2O3/c1-4-12-19-15(21)18(6-3,14-10-8-7-9-11-14)16(22)20(13-5-2)17(19)23/h4-5,7-11H,1-2,6,12-13H2,3H3. The van der Waals surface area contributed by atoms with E-state index in [9.17, 15) is 14.4 Å². The summed E-state index contributed by atoms with van der Waals surface area (Å²) in [6.45, 7) is 9.08. The van der Waals surface area contributed by atoms with Gasteiger partial charge in [0.2, 0.25) is 0 Å². The summed E-state index contributed by atoms with van der Waals surface area (Å²) in [6.07, 6.45) is 3.22.